The fraction of sp³-hybridized carbons (Fsp3) is 0.412. The predicted molar refractivity (Wildman–Crippen MR) is 165 cm³/mol. The zero-order valence-electron chi connectivity index (χ0n) is 24.8. The number of amides is 2. The van der Waals surface area contributed by atoms with Gasteiger partial charge in [-0.25, -0.2) is 9.69 Å². The van der Waals surface area contributed by atoms with Gasteiger partial charge < -0.3 is 14.3 Å². The molecule has 1 aliphatic heterocycles. The number of aliphatic hydroxyl groups is 1. The van der Waals surface area contributed by atoms with Crippen LogP contribution in [0.3, 0.4) is 0 Å². The minimum Gasteiger partial charge on any atom is -0.447 e. The van der Waals surface area contributed by atoms with Gasteiger partial charge >= 0.3 is 6.09 Å². The number of rotatable bonds is 11. The van der Waals surface area contributed by atoms with Gasteiger partial charge in [0.1, 0.15) is 6.61 Å². The van der Waals surface area contributed by atoms with Crippen molar-refractivity contribution in [2.45, 2.75) is 64.6 Å². The van der Waals surface area contributed by atoms with Crippen molar-refractivity contribution >= 4 is 30.7 Å². The third-order valence-corrected chi connectivity index (χ3v) is 13.2. The van der Waals surface area contributed by atoms with Crippen molar-refractivity contribution in [3.05, 3.63) is 96.6 Å². The molecule has 218 valence electrons. The standard InChI is InChI=1S/C34H43NO5Si/c1-6-30(32(37)35-27(24-39-33(35)38)22-26-16-10-7-11-17-26)31(36)25(2)23-40-41(34(3,4)5,28-18-12-8-13-19-28)29-20-14-9-15-21-29/h7-21,25,27,30-31,36H,6,22-24H2,1-5H3/t25-,27+,30+,31-/m1/s1. The molecule has 1 aliphatic rings. The van der Waals surface area contributed by atoms with E-state index in [1.165, 1.54) is 4.90 Å². The van der Waals surface area contributed by atoms with Crippen LogP contribution in [0, 0.1) is 11.8 Å². The van der Waals surface area contributed by atoms with Crippen LogP contribution in [-0.2, 0) is 20.4 Å². The smallest absolute Gasteiger partial charge is 0.416 e. The van der Waals surface area contributed by atoms with Gasteiger partial charge in [-0.15, -0.1) is 0 Å². The third-order valence-electron chi connectivity index (χ3n) is 8.24. The van der Waals surface area contributed by atoms with Crippen molar-refractivity contribution in [3.8, 4) is 0 Å². The maximum absolute atomic E-state index is 13.8. The Hall–Kier alpha value is -3.26. The van der Waals surface area contributed by atoms with Crippen LogP contribution in [0.4, 0.5) is 4.79 Å². The molecule has 41 heavy (non-hydrogen) atoms. The molecular weight excluding hydrogens is 530 g/mol. The van der Waals surface area contributed by atoms with Gasteiger partial charge in [0, 0.05) is 12.5 Å². The Morgan fingerprint density at radius 1 is 0.976 bits per heavy atom. The molecule has 3 aromatic rings. The summed E-state index contributed by atoms with van der Waals surface area (Å²) in [5.74, 6) is -1.49. The first kappa shape index (κ1) is 30.7. The maximum Gasteiger partial charge on any atom is 0.416 e. The molecule has 0 unspecified atom stereocenters. The second-order valence-corrected chi connectivity index (χ2v) is 16.4. The first-order valence-corrected chi connectivity index (χ1v) is 16.5. The van der Waals surface area contributed by atoms with Gasteiger partial charge in [-0.05, 0) is 33.8 Å². The van der Waals surface area contributed by atoms with E-state index in [0.717, 1.165) is 15.9 Å². The zero-order valence-corrected chi connectivity index (χ0v) is 25.8. The largest absolute Gasteiger partial charge is 0.447 e. The van der Waals surface area contributed by atoms with Crippen LogP contribution < -0.4 is 10.4 Å². The van der Waals surface area contributed by atoms with Gasteiger partial charge in [0.05, 0.1) is 18.1 Å². The van der Waals surface area contributed by atoms with E-state index < -0.39 is 32.5 Å². The number of nitrogens with zero attached hydrogens (tertiary/aromatic N) is 1. The van der Waals surface area contributed by atoms with Crippen molar-refractivity contribution in [2.24, 2.45) is 11.8 Å². The first-order valence-electron chi connectivity index (χ1n) is 14.6. The monoisotopic (exact) mass is 573 g/mol. The Morgan fingerprint density at radius 2 is 1.49 bits per heavy atom. The van der Waals surface area contributed by atoms with Crippen LogP contribution in [0.1, 0.15) is 46.6 Å². The lowest BCUT2D eigenvalue weighted by atomic mass is 9.89. The Morgan fingerprint density at radius 3 is 1.98 bits per heavy atom. The molecule has 1 heterocycles. The molecule has 4 atom stereocenters. The van der Waals surface area contributed by atoms with E-state index in [0.29, 0.717) is 12.8 Å². The minimum atomic E-state index is -2.80. The molecule has 0 spiro atoms. The number of cyclic esters (lactones) is 1. The Labute approximate surface area is 245 Å². The molecule has 0 saturated carbocycles. The summed E-state index contributed by atoms with van der Waals surface area (Å²) in [5.41, 5.74) is 1.02. The molecule has 3 aromatic carbocycles. The van der Waals surface area contributed by atoms with Gasteiger partial charge in [0.2, 0.25) is 5.91 Å². The number of hydrogen-bond acceptors (Lipinski definition) is 5. The summed E-state index contributed by atoms with van der Waals surface area (Å²) in [5, 5.41) is 13.7. The molecule has 7 heteroatoms. The highest BCUT2D eigenvalue weighted by Gasteiger charge is 2.51. The lowest BCUT2D eigenvalue weighted by Crippen LogP contribution is -2.67. The van der Waals surface area contributed by atoms with Crippen LogP contribution in [-0.4, -0.2) is 55.7 Å². The summed E-state index contributed by atoms with van der Waals surface area (Å²) in [6, 6.07) is 30.1. The van der Waals surface area contributed by atoms with Gasteiger partial charge in [-0.3, -0.25) is 4.79 Å². The van der Waals surface area contributed by atoms with E-state index in [-0.39, 0.29) is 30.1 Å². The van der Waals surface area contributed by atoms with Gasteiger partial charge in [0.15, 0.2) is 0 Å². The Bertz CT molecular complexity index is 1240. The molecule has 1 N–H and O–H groups in total. The first-order chi connectivity index (χ1) is 19.6. The number of carbonyl (C=O) groups excluding carboxylic acids is 2. The van der Waals surface area contributed by atoms with E-state index in [4.69, 9.17) is 9.16 Å². The Balaban J connectivity index is 1.56. The molecule has 0 bridgehead atoms. The average Bonchev–Trinajstić information content (AvgIpc) is 3.33. The van der Waals surface area contributed by atoms with E-state index >= 15 is 0 Å². The summed E-state index contributed by atoms with van der Waals surface area (Å²) in [4.78, 5) is 27.7. The minimum absolute atomic E-state index is 0.151. The zero-order chi connectivity index (χ0) is 29.6. The van der Waals surface area contributed by atoms with Crippen LogP contribution in [0.2, 0.25) is 5.04 Å². The molecule has 0 radical (unpaired) electrons. The number of ether oxygens (including phenoxy) is 1. The van der Waals surface area contributed by atoms with Crippen molar-refractivity contribution in [3.63, 3.8) is 0 Å². The van der Waals surface area contributed by atoms with Crippen molar-refractivity contribution in [1.82, 2.24) is 4.90 Å². The number of carbonyl (C=O) groups is 2. The lowest BCUT2D eigenvalue weighted by Gasteiger charge is -2.44. The maximum atomic E-state index is 13.8. The van der Waals surface area contributed by atoms with Crippen molar-refractivity contribution in [1.29, 1.82) is 0 Å². The second kappa shape index (κ2) is 13.1. The normalized spacial score (nSPS) is 18.0. The quantitative estimate of drug-likeness (QED) is 0.320. The summed E-state index contributed by atoms with van der Waals surface area (Å²) in [6.07, 6.45) is -0.725. The topological polar surface area (TPSA) is 76.1 Å². The molecule has 6 nitrogen and oxygen atoms in total. The van der Waals surface area contributed by atoms with Crippen LogP contribution in [0.15, 0.2) is 91.0 Å². The molecule has 2 amide bonds. The highest BCUT2D eigenvalue weighted by atomic mass is 28.4. The predicted octanol–water partition coefficient (Wildman–Crippen LogP) is 5.18. The van der Waals surface area contributed by atoms with Gasteiger partial charge in [-0.1, -0.05) is 126 Å². The molecule has 4 rings (SSSR count). The fourth-order valence-corrected chi connectivity index (χ4v) is 10.7. The summed E-state index contributed by atoms with van der Waals surface area (Å²) >= 11 is 0. The number of aliphatic hydroxyl groups excluding tert-OH is 1. The number of imide groups is 1. The van der Waals surface area contributed by atoms with E-state index in [2.05, 4.69) is 45.0 Å². The van der Waals surface area contributed by atoms with Gasteiger partial charge in [0.25, 0.3) is 8.32 Å². The molecule has 1 fully saturated rings. The number of benzene rings is 3. The van der Waals surface area contributed by atoms with Crippen LogP contribution >= 0.6 is 0 Å². The Kier molecular flexibility index (Phi) is 9.84. The number of hydrogen-bond donors (Lipinski definition) is 1. The molecule has 0 aliphatic carbocycles. The second-order valence-electron chi connectivity index (χ2n) is 12.1. The van der Waals surface area contributed by atoms with E-state index in [9.17, 15) is 14.7 Å². The average molecular weight is 574 g/mol. The van der Waals surface area contributed by atoms with E-state index in [1.54, 1.807) is 0 Å². The highest BCUT2D eigenvalue weighted by Crippen LogP contribution is 2.37. The fourth-order valence-electron chi connectivity index (χ4n) is 6.02. The van der Waals surface area contributed by atoms with Crippen LogP contribution in [0.5, 0.6) is 0 Å². The summed E-state index contributed by atoms with van der Waals surface area (Å²) < 4.78 is 12.3. The lowest BCUT2D eigenvalue weighted by molar-refractivity contribution is -0.139. The summed E-state index contributed by atoms with van der Waals surface area (Å²) in [7, 11) is -2.80. The van der Waals surface area contributed by atoms with Crippen molar-refractivity contribution in [2.75, 3.05) is 13.2 Å². The third kappa shape index (κ3) is 6.48. The molecule has 0 aromatic heterocycles. The highest BCUT2D eigenvalue weighted by molar-refractivity contribution is 6.99. The molecule has 1 saturated heterocycles. The van der Waals surface area contributed by atoms with E-state index in [1.807, 2.05) is 80.6 Å². The summed E-state index contributed by atoms with van der Waals surface area (Å²) in [6.45, 7) is 10.9. The van der Waals surface area contributed by atoms with Crippen LogP contribution in [0.25, 0.3) is 0 Å². The molecular formula is C34H43NO5Si. The van der Waals surface area contributed by atoms with Crippen molar-refractivity contribution < 1.29 is 23.9 Å². The van der Waals surface area contributed by atoms with Gasteiger partial charge in [-0.2, -0.15) is 0 Å². The SMILES string of the molecule is CC[C@H](C(=O)N1C(=O)OC[C@@H]1Cc1ccccc1)[C@H](O)[C@H](C)CO[Si](c1ccccc1)(c1ccccc1)C(C)(C)C.